The van der Waals surface area contributed by atoms with Gasteiger partial charge in [0.05, 0.1) is 19.3 Å². The molecule has 182 valence electrons. The van der Waals surface area contributed by atoms with Crippen molar-refractivity contribution in [1.82, 2.24) is 4.90 Å². The van der Waals surface area contributed by atoms with Crippen molar-refractivity contribution < 1.29 is 19.1 Å². The number of rotatable bonds is 8. The third kappa shape index (κ3) is 6.29. The van der Waals surface area contributed by atoms with Gasteiger partial charge in [0, 0.05) is 24.8 Å². The molecule has 1 saturated heterocycles. The number of anilines is 2. The molecule has 7 heteroatoms. The Balaban J connectivity index is 1.42. The second-order valence-electron chi connectivity index (χ2n) is 9.24. The smallest absolute Gasteiger partial charge is 0.241 e. The number of ether oxygens (including phenoxy) is 2. The van der Waals surface area contributed by atoms with Gasteiger partial charge in [-0.15, -0.1) is 0 Å². The summed E-state index contributed by atoms with van der Waals surface area (Å²) in [5.41, 5.74) is 2.55. The highest BCUT2D eigenvalue weighted by molar-refractivity contribution is 5.95. The number of likely N-dealkylation sites (tertiary alicyclic amines) is 1. The zero-order chi connectivity index (χ0) is 23.9. The van der Waals surface area contributed by atoms with Crippen molar-refractivity contribution in [2.24, 2.45) is 0 Å². The van der Waals surface area contributed by atoms with E-state index in [9.17, 15) is 9.59 Å². The molecule has 2 aliphatic rings. The molecular weight excluding hydrogens is 430 g/mol. The van der Waals surface area contributed by atoms with E-state index in [1.54, 1.807) is 19.2 Å². The van der Waals surface area contributed by atoms with Gasteiger partial charge >= 0.3 is 0 Å². The van der Waals surface area contributed by atoms with Crippen LogP contribution in [-0.2, 0) is 16.1 Å². The first kappa shape index (κ1) is 24.1. The lowest BCUT2D eigenvalue weighted by Gasteiger charge is -2.34. The molecular formula is C27H35N3O4. The molecule has 2 fully saturated rings. The lowest BCUT2D eigenvalue weighted by atomic mass is 10.00. The molecule has 0 aromatic heterocycles. The Bertz CT molecular complexity index is 986. The van der Waals surface area contributed by atoms with E-state index in [0.29, 0.717) is 12.2 Å². The Morgan fingerprint density at radius 2 is 1.59 bits per heavy atom. The maximum Gasteiger partial charge on any atom is 0.241 e. The minimum Gasteiger partial charge on any atom is -0.493 e. The first-order chi connectivity index (χ1) is 16.5. The summed E-state index contributed by atoms with van der Waals surface area (Å²) in [5.74, 6) is 1.43. The summed E-state index contributed by atoms with van der Waals surface area (Å²) >= 11 is 0. The van der Waals surface area contributed by atoms with Gasteiger partial charge in [-0.3, -0.25) is 14.5 Å². The summed E-state index contributed by atoms with van der Waals surface area (Å²) < 4.78 is 11.8. The number of carbonyl (C=O) groups is 2. The monoisotopic (exact) mass is 465 g/mol. The van der Waals surface area contributed by atoms with Crippen molar-refractivity contribution in [3.63, 3.8) is 0 Å². The van der Waals surface area contributed by atoms with Crippen LogP contribution < -0.4 is 20.1 Å². The lowest BCUT2D eigenvalue weighted by molar-refractivity contribution is -0.122. The van der Waals surface area contributed by atoms with E-state index in [0.717, 1.165) is 61.4 Å². The summed E-state index contributed by atoms with van der Waals surface area (Å²) in [6, 6.07) is 13.1. The van der Waals surface area contributed by atoms with Crippen molar-refractivity contribution in [1.29, 1.82) is 0 Å². The second-order valence-corrected chi connectivity index (χ2v) is 9.24. The highest BCUT2D eigenvalue weighted by Gasteiger charge is 2.29. The minimum atomic E-state index is -0.190. The number of nitrogens with one attached hydrogen (secondary N) is 2. The summed E-state index contributed by atoms with van der Waals surface area (Å²) in [5, 5.41) is 5.79. The van der Waals surface area contributed by atoms with Crippen LogP contribution in [0.5, 0.6) is 11.5 Å². The first-order valence-corrected chi connectivity index (χ1v) is 12.3. The Hall–Kier alpha value is -3.06. The van der Waals surface area contributed by atoms with Gasteiger partial charge in [-0.1, -0.05) is 12.5 Å². The number of piperidine rings is 1. The average molecular weight is 466 g/mol. The molecule has 7 nitrogen and oxygen atoms in total. The third-order valence-corrected chi connectivity index (χ3v) is 6.60. The Labute approximate surface area is 201 Å². The van der Waals surface area contributed by atoms with E-state index in [2.05, 4.69) is 27.7 Å². The van der Waals surface area contributed by atoms with Gasteiger partial charge in [-0.2, -0.15) is 0 Å². The number of hydrogen-bond donors (Lipinski definition) is 2. The van der Waals surface area contributed by atoms with Gasteiger partial charge in [0.15, 0.2) is 11.5 Å². The molecule has 1 aliphatic carbocycles. The van der Waals surface area contributed by atoms with Crippen molar-refractivity contribution in [3.05, 3.63) is 48.0 Å². The molecule has 1 saturated carbocycles. The summed E-state index contributed by atoms with van der Waals surface area (Å²) in [6.45, 7) is 3.04. The van der Waals surface area contributed by atoms with E-state index >= 15 is 0 Å². The number of hydrogen-bond acceptors (Lipinski definition) is 5. The van der Waals surface area contributed by atoms with E-state index in [1.165, 1.54) is 19.8 Å². The van der Waals surface area contributed by atoms with Gasteiger partial charge in [-0.25, -0.2) is 0 Å². The standard InChI is InChI=1S/C27H35N3O4/c1-19(31)28-21-11-13-22(14-12-21)29-27(32)24-9-5-6-16-30(24)18-20-10-15-25(33-2)26(17-20)34-23-7-3-4-8-23/h10-15,17,23-24H,3-9,16,18H2,1-2H3,(H,28,31)(H,29,32). The second kappa shape index (κ2) is 11.4. The fraction of sp³-hybridized carbons (Fsp3) is 0.481. The molecule has 1 aliphatic heterocycles. The molecule has 0 radical (unpaired) electrons. The Kier molecular flexibility index (Phi) is 8.06. The third-order valence-electron chi connectivity index (χ3n) is 6.60. The predicted octanol–water partition coefficient (Wildman–Crippen LogP) is 4.97. The largest absolute Gasteiger partial charge is 0.493 e. The van der Waals surface area contributed by atoms with E-state index in [-0.39, 0.29) is 24.0 Å². The molecule has 0 bridgehead atoms. The van der Waals surface area contributed by atoms with Crippen LogP contribution in [0.2, 0.25) is 0 Å². The zero-order valence-electron chi connectivity index (χ0n) is 20.1. The molecule has 2 N–H and O–H groups in total. The molecule has 4 rings (SSSR count). The number of carbonyl (C=O) groups excluding carboxylic acids is 2. The quantitative estimate of drug-likeness (QED) is 0.576. The Morgan fingerprint density at radius 3 is 2.26 bits per heavy atom. The van der Waals surface area contributed by atoms with Gasteiger partial charge in [0.2, 0.25) is 11.8 Å². The van der Waals surface area contributed by atoms with Gasteiger partial charge in [-0.05, 0) is 87.0 Å². The summed E-state index contributed by atoms with van der Waals surface area (Å²) in [7, 11) is 1.67. The van der Waals surface area contributed by atoms with Crippen LogP contribution in [0.3, 0.4) is 0 Å². The van der Waals surface area contributed by atoms with Crippen LogP contribution in [0.15, 0.2) is 42.5 Å². The number of nitrogens with zero attached hydrogens (tertiary/aromatic N) is 1. The fourth-order valence-electron chi connectivity index (χ4n) is 4.87. The lowest BCUT2D eigenvalue weighted by Crippen LogP contribution is -2.46. The van der Waals surface area contributed by atoms with Crippen molar-refractivity contribution >= 4 is 23.2 Å². The van der Waals surface area contributed by atoms with E-state index in [4.69, 9.17) is 9.47 Å². The molecule has 34 heavy (non-hydrogen) atoms. The van der Waals surface area contributed by atoms with Crippen LogP contribution in [0.25, 0.3) is 0 Å². The maximum atomic E-state index is 13.2. The molecule has 1 atom stereocenters. The van der Waals surface area contributed by atoms with Crippen molar-refractivity contribution in [2.45, 2.75) is 70.6 Å². The topological polar surface area (TPSA) is 79.9 Å². The van der Waals surface area contributed by atoms with Crippen LogP contribution >= 0.6 is 0 Å². The number of amides is 2. The van der Waals surface area contributed by atoms with Crippen molar-refractivity contribution in [3.8, 4) is 11.5 Å². The van der Waals surface area contributed by atoms with Crippen LogP contribution in [0, 0.1) is 0 Å². The average Bonchev–Trinajstić information content (AvgIpc) is 3.34. The molecule has 0 spiro atoms. The van der Waals surface area contributed by atoms with Crippen molar-refractivity contribution in [2.75, 3.05) is 24.3 Å². The highest BCUT2D eigenvalue weighted by atomic mass is 16.5. The van der Waals surface area contributed by atoms with Gasteiger partial charge in [0.1, 0.15) is 0 Å². The Morgan fingerprint density at radius 1 is 0.912 bits per heavy atom. The number of methoxy groups -OCH3 is 1. The summed E-state index contributed by atoms with van der Waals surface area (Å²) in [4.78, 5) is 26.6. The van der Waals surface area contributed by atoms with Crippen LogP contribution in [0.4, 0.5) is 11.4 Å². The minimum absolute atomic E-state index is 0.00270. The predicted molar refractivity (Wildman–Crippen MR) is 133 cm³/mol. The molecule has 2 aromatic carbocycles. The normalized spacial score (nSPS) is 18.9. The maximum absolute atomic E-state index is 13.2. The first-order valence-electron chi connectivity index (χ1n) is 12.3. The molecule has 1 heterocycles. The molecule has 2 amide bonds. The molecule has 2 aromatic rings. The SMILES string of the molecule is COc1ccc(CN2CCCCC2C(=O)Nc2ccc(NC(C)=O)cc2)cc1OC1CCCC1. The van der Waals surface area contributed by atoms with Gasteiger partial charge in [0.25, 0.3) is 0 Å². The molecule has 1 unspecified atom stereocenters. The zero-order valence-corrected chi connectivity index (χ0v) is 20.1. The van der Waals surface area contributed by atoms with Crippen LogP contribution in [0.1, 0.15) is 57.4 Å². The summed E-state index contributed by atoms with van der Waals surface area (Å²) in [6.07, 6.45) is 7.82. The van der Waals surface area contributed by atoms with E-state index < -0.39 is 0 Å². The highest BCUT2D eigenvalue weighted by Crippen LogP contribution is 2.33. The van der Waals surface area contributed by atoms with E-state index in [1.807, 2.05) is 18.2 Å². The van der Waals surface area contributed by atoms with Crippen LogP contribution in [-0.4, -0.2) is 42.5 Å². The van der Waals surface area contributed by atoms with Gasteiger partial charge < -0.3 is 20.1 Å². The fourth-order valence-corrected chi connectivity index (χ4v) is 4.87. The number of benzene rings is 2.